The molecule has 2 rings (SSSR count). The minimum Gasteiger partial charge on any atom is -0.314 e. The zero-order valence-corrected chi connectivity index (χ0v) is 9.99. The van der Waals surface area contributed by atoms with Crippen LogP contribution >= 0.6 is 0 Å². The number of hydrogen-bond donors (Lipinski definition) is 2. The standard InChI is InChI=1S/C13H17N3O/c1-10-5-4-8-14-12(10)16-13(17)15-9-11-6-2-3-7-11/h4-5,8-9H,2-3,6-7H2,1H3,(H2,14,15,16,17). The SMILES string of the molecule is Cc1cccnc1NC(=O)NC=C1CCCC1. The molecule has 1 aliphatic carbocycles. The summed E-state index contributed by atoms with van der Waals surface area (Å²) >= 11 is 0. The highest BCUT2D eigenvalue weighted by Gasteiger charge is 2.07. The van der Waals surface area contributed by atoms with Gasteiger partial charge in [0, 0.05) is 12.4 Å². The number of nitrogens with zero attached hydrogens (tertiary/aromatic N) is 1. The molecule has 1 aromatic rings. The molecule has 1 aromatic heterocycles. The molecule has 90 valence electrons. The molecule has 1 fully saturated rings. The van der Waals surface area contributed by atoms with E-state index < -0.39 is 0 Å². The molecule has 2 N–H and O–H groups in total. The number of aromatic nitrogens is 1. The van der Waals surface area contributed by atoms with Crippen molar-refractivity contribution in [3.05, 3.63) is 35.7 Å². The van der Waals surface area contributed by atoms with Crippen LogP contribution in [0, 0.1) is 6.92 Å². The number of pyridine rings is 1. The van der Waals surface area contributed by atoms with E-state index in [1.54, 1.807) is 6.20 Å². The van der Waals surface area contributed by atoms with Crippen molar-refractivity contribution in [2.45, 2.75) is 32.6 Å². The van der Waals surface area contributed by atoms with Crippen molar-refractivity contribution >= 4 is 11.8 Å². The van der Waals surface area contributed by atoms with Gasteiger partial charge >= 0.3 is 6.03 Å². The van der Waals surface area contributed by atoms with Crippen LogP contribution in [0.2, 0.25) is 0 Å². The number of anilines is 1. The van der Waals surface area contributed by atoms with Crippen LogP contribution in [-0.4, -0.2) is 11.0 Å². The van der Waals surface area contributed by atoms with Crippen molar-refractivity contribution in [3.63, 3.8) is 0 Å². The average Bonchev–Trinajstić information content (AvgIpc) is 2.82. The van der Waals surface area contributed by atoms with Crippen LogP contribution in [0.3, 0.4) is 0 Å². The maximum absolute atomic E-state index is 11.6. The summed E-state index contributed by atoms with van der Waals surface area (Å²) in [7, 11) is 0. The molecule has 1 heterocycles. The van der Waals surface area contributed by atoms with Gasteiger partial charge in [-0.3, -0.25) is 5.32 Å². The fourth-order valence-electron chi connectivity index (χ4n) is 1.90. The summed E-state index contributed by atoms with van der Waals surface area (Å²) in [4.78, 5) is 15.7. The predicted octanol–water partition coefficient (Wildman–Crippen LogP) is 2.97. The zero-order chi connectivity index (χ0) is 12.1. The number of rotatable bonds is 2. The Kier molecular flexibility index (Phi) is 3.75. The van der Waals surface area contributed by atoms with Crippen LogP contribution in [-0.2, 0) is 0 Å². The number of carbonyl (C=O) groups excluding carboxylic acids is 1. The summed E-state index contributed by atoms with van der Waals surface area (Å²) in [6, 6.07) is 3.53. The third-order valence-corrected chi connectivity index (χ3v) is 2.89. The summed E-state index contributed by atoms with van der Waals surface area (Å²) in [6.45, 7) is 1.91. The Morgan fingerprint density at radius 3 is 2.88 bits per heavy atom. The maximum Gasteiger partial charge on any atom is 0.324 e. The fraction of sp³-hybridized carbons (Fsp3) is 0.385. The van der Waals surface area contributed by atoms with Gasteiger partial charge in [-0.05, 0) is 44.2 Å². The second-order valence-electron chi connectivity index (χ2n) is 4.28. The topological polar surface area (TPSA) is 54.0 Å². The highest BCUT2D eigenvalue weighted by atomic mass is 16.2. The van der Waals surface area contributed by atoms with Gasteiger partial charge in [-0.2, -0.15) is 0 Å². The summed E-state index contributed by atoms with van der Waals surface area (Å²) in [5, 5.41) is 5.48. The highest BCUT2D eigenvalue weighted by molar-refractivity contribution is 5.89. The molecule has 0 unspecified atom stereocenters. The lowest BCUT2D eigenvalue weighted by Gasteiger charge is -2.06. The first-order chi connectivity index (χ1) is 8.25. The van der Waals surface area contributed by atoms with E-state index in [-0.39, 0.29) is 6.03 Å². The summed E-state index contributed by atoms with van der Waals surface area (Å²) in [5.41, 5.74) is 2.27. The van der Waals surface area contributed by atoms with Gasteiger partial charge in [-0.1, -0.05) is 11.6 Å². The first-order valence-electron chi connectivity index (χ1n) is 5.93. The third kappa shape index (κ3) is 3.31. The van der Waals surface area contributed by atoms with Gasteiger partial charge in [0.05, 0.1) is 0 Å². The minimum absolute atomic E-state index is 0.230. The van der Waals surface area contributed by atoms with Crippen molar-refractivity contribution in [2.75, 3.05) is 5.32 Å². The zero-order valence-electron chi connectivity index (χ0n) is 9.99. The van der Waals surface area contributed by atoms with Gasteiger partial charge in [0.1, 0.15) is 5.82 Å². The summed E-state index contributed by atoms with van der Waals surface area (Å²) < 4.78 is 0. The summed E-state index contributed by atoms with van der Waals surface area (Å²) in [5.74, 6) is 0.606. The van der Waals surface area contributed by atoms with E-state index in [2.05, 4.69) is 15.6 Å². The number of amides is 2. The number of hydrogen-bond acceptors (Lipinski definition) is 2. The third-order valence-electron chi connectivity index (χ3n) is 2.89. The van der Waals surface area contributed by atoms with Gasteiger partial charge in [0.15, 0.2) is 0 Å². The molecule has 1 saturated carbocycles. The Balaban J connectivity index is 1.89. The van der Waals surface area contributed by atoms with Gasteiger partial charge in [-0.25, -0.2) is 9.78 Å². The molecule has 0 saturated heterocycles. The normalized spacial score (nSPS) is 14.5. The number of allylic oxidation sites excluding steroid dienone is 1. The fourth-order valence-corrected chi connectivity index (χ4v) is 1.90. The lowest BCUT2D eigenvalue weighted by Crippen LogP contribution is -2.25. The number of carbonyl (C=O) groups is 1. The molecule has 0 spiro atoms. The lowest BCUT2D eigenvalue weighted by atomic mass is 10.2. The average molecular weight is 231 g/mol. The molecular formula is C13H17N3O. The molecule has 17 heavy (non-hydrogen) atoms. The van der Waals surface area contributed by atoms with Crippen molar-refractivity contribution in [3.8, 4) is 0 Å². The minimum atomic E-state index is -0.230. The van der Waals surface area contributed by atoms with Crippen molar-refractivity contribution < 1.29 is 4.79 Å². The molecule has 1 aliphatic rings. The Hall–Kier alpha value is -1.84. The largest absolute Gasteiger partial charge is 0.324 e. The molecule has 0 bridgehead atoms. The van der Waals surface area contributed by atoms with Crippen LogP contribution in [0.25, 0.3) is 0 Å². The van der Waals surface area contributed by atoms with E-state index in [0.29, 0.717) is 5.82 Å². The first kappa shape index (κ1) is 11.6. The van der Waals surface area contributed by atoms with Crippen molar-refractivity contribution in [1.29, 1.82) is 0 Å². The van der Waals surface area contributed by atoms with Gasteiger partial charge in [0.2, 0.25) is 0 Å². The molecule has 0 aliphatic heterocycles. The van der Waals surface area contributed by atoms with Crippen LogP contribution < -0.4 is 10.6 Å². The van der Waals surface area contributed by atoms with E-state index in [9.17, 15) is 4.79 Å². The van der Waals surface area contributed by atoms with E-state index >= 15 is 0 Å². The van der Waals surface area contributed by atoms with Crippen molar-refractivity contribution in [2.24, 2.45) is 0 Å². The van der Waals surface area contributed by atoms with Crippen LogP contribution in [0.4, 0.5) is 10.6 Å². The molecule has 2 amide bonds. The smallest absolute Gasteiger partial charge is 0.314 e. The summed E-state index contributed by atoms with van der Waals surface area (Å²) in [6.07, 6.45) is 8.15. The first-order valence-corrected chi connectivity index (χ1v) is 5.93. The number of aryl methyl sites for hydroxylation is 1. The van der Waals surface area contributed by atoms with E-state index in [1.165, 1.54) is 18.4 Å². The molecular weight excluding hydrogens is 214 g/mol. The Morgan fingerprint density at radius 1 is 1.41 bits per heavy atom. The molecule has 0 aromatic carbocycles. The van der Waals surface area contributed by atoms with E-state index in [4.69, 9.17) is 0 Å². The Bertz CT molecular complexity index is 432. The molecule has 0 radical (unpaired) electrons. The quantitative estimate of drug-likeness (QED) is 0.822. The van der Waals surface area contributed by atoms with Gasteiger partial charge in [-0.15, -0.1) is 0 Å². The molecule has 4 heteroatoms. The van der Waals surface area contributed by atoms with E-state index in [0.717, 1.165) is 18.4 Å². The second kappa shape index (κ2) is 5.48. The van der Waals surface area contributed by atoms with E-state index in [1.807, 2.05) is 25.3 Å². The van der Waals surface area contributed by atoms with Crippen molar-refractivity contribution in [1.82, 2.24) is 10.3 Å². The van der Waals surface area contributed by atoms with Crippen LogP contribution in [0.5, 0.6) is 0 Å². The number of nitrogens with one attached hydrogen (secondary N) is 2. The van der Waals surface area contributed by atoms with Crippen LogP contribution in [0.15, 0.2) is 30.1 Å². The van der Waals surface area contributed by atoms with Crippen LogP contribution in [0.1, 0.15) is 31.2 Å². The molecule has 0 atom stereocenters. The monoisotopic (exact) mass is 231 g/mol. The number of urea groups is 1. The molecule has 4 nitrogen and oxygen atoms in total. The lowest BCUT2D eigenvalue weighted by molar-refractivity contribution is 0.255. The van der Waals surface area contributed by atoms with Gasteiger partial charge in [0.25, 0.3) is 0 Å². The van der Waals surface area contributed by atoms with Gasteiger partial charge < -0.3 is 5.32 Å². The maximum atomic E-state index is 11.6. The highest BCUT2D eigenvalue weighted by Crippen LogP contribution is 2.22. The Labute approximate surface area is 101 Å². The Morgan fingerprint density at radius 2 is 2.18 bits per heavy atom. The second-order valence-corrected chi connectivity index (χ2v) is 4.28. The predicted molar refractivity (Wildman–Crippen MR) is 67.7 cm³/mol.